The minimum absolute atomic E-state index is 0. The smallest absolute Gasteiger partial charge is 0.505 e. The number of fused-ring (bicyclic) bond motifs is 4. The summed E-state index contributed by atoms with van der Waals surface area (Å²) in [4.78, 5) is 1.25. The number of phenolic OH excluding ortho intramolecular Hbond substituents is 1. The Morgan fingerprint density at radius 2 is 1.25 bits per heavy atom. The van der Waals surface area contributed by atoms with Crippen LogP contribution in [0.1, 0.15) is 11.1 Å². The summed E-state index contributed by atoms with van der Waals surface area (Å²) in [6.45, 7) is 2.75. The van der Waals surface area contributed by atoms with Crippen LogP contribution in [0.3, 0.4) is 0 Å². The van der Waals surface area contributed by atoms with E-state index >= 15 is 0 Å². The number of phenols is 1. The molecule has 1 heterocycles. The minimum Gasteiger partial charge on any atom is -0.505 e. The largest absolute Gasteiger partial charge is 1.00 e. The Hall–Kier alpha value is -6.68. The molecule has 0 saturated heterocycles. The summed E-state index contributed by atoms with van der Waals surface area (Å²) >= 11 is 0. The monoisotopic (exact) mass is 809 g/mol. The SMILES string of the molecule is Cc1cc(N=Nc2ccc3cc(-n4nc5ccc6cc(S(=O)(=O)O)ccc6c5n4)ccc3c2O)c([CH-]O)cc1N=Nc1ccc(N=Nc2ccccc2)cc1.[Cu+]. The van der Waals surface area contributed by atoms with Gasteiger partial charge in [0.15, 0.2) is 5.75 Å². The molecule has 0 amide bonds. The third-order valence-corrected chi connectivity index (χ3v) is 9.58. The maximum absolute atomic E-state index is 11.6. The molecule has 7 aromatic carbocycles. The Labute approximate surface area is 329 Å². The Balaban J connectivity index is 0.00000480. The second-order valence-electron chi connectivity index (χ2n) is 12.4. The molecule has 0 radical (unpaired) electrons. The second-order valence-corrected chi connectivity index (χ2v) is 13.8. The number of aromatic hydroxyl groups is 1. The summed E-state index contributed by atoms with van der Waals surface area (Å²) in [7, 11) is -4.35. The van der Waals surface area contributed by atoms with Gasteiger partial charge in [-0.25, -0.2) is 5.11 Å². The van der Waals surface area contributed by atoms with Crippen LogP contribution in [0.15, 0.2) is 163 Å². The van der Waals surface area contributed by atoms with E-state index < -0.39 is 10.1 Å². The van der Waals surface area contributed by atoms with Crippen molar-refractivity contribution in [2.75, 3.05) is 0 Å². The van der Waals surface area contributed by atoms with Gasteiger partial charge >= 0.3 is 17.1 Å². The molecule has 3 N–H and O–H groups in total. The zero-order chi connectivity index (χ0) is 38.1. The molecule has 14 nitrogen and oxygen atoms in total. The van der Waals surface area contributed by atoms with Crippen molar-refractivity contribution < 1.29 is 40.3 Å². The van der Waals surface area contributed by atoms with Crippen LogP contribution in [0, 0.1) is 13.5 Å². The molecule has 8 aromatic rings. The number of aryl methyl sites for hydroxylation is 1. The maximum atomic E-state index is 11.6. The molecule has 0 bridgehead atoms. The van der Waals surface area contributed by atoms with Crippen LogP contribution in [-0.4, -0.2) is 38.2 Å². The number of hydrogen-bond acceptors (Lipinski definition) is 12. The van der Waals surface area contributed by atoms with Crippen LogP contribution in [0.5, 0.6) is 5.75 Å². The summed E-state index contributed by atoms with van der Waals surface area (Å²) in [5.41, 5.74) is 6.00. The van der Waals surface area contributed by atoms with Crippen molar-refractivity contribution >= 4 is 76.8 Å². The molecule has 0 atom stereocenters. The fourth-order valence-electron chi connectivity index (χ4n) is 5.87. The molecule has 0 aliphatic carbocycles. The van der Waals surface area contributed by atoms with Gasteiger partial charge in [0.25, 0.3) is 10.1 Å². The molecular weight excluding hydrogens is 782 g/mol. The van der Waals surface area contributed by atoms with E-state index in [-0.39, 0.29) is 33.4 Å². The van der Waals surface area contributed by atoms with Gasteiger partial charge in [0.1, 0.15) is 16.7 Å². The van der Waals surface area contributed by atoms with Gasteiger partial charge in [-0.2, -0.15) is 38.8 Å². The predicted octanol–water partition coefficient (Wildman–Crippen LogP) is 11.1. The van der Waals surface area contributed by atoms with Crippen molar-refractivity contribution in [3.8, 4) is 11.4 Å². The number of aliphatic hydroxyl groups excluding tert-OH is 1. The van der Waals surface area contributed by atoms with Gasteiger partial charge in [-0.3, -0.25) is 4.55 Å². The van der Waals surface area contributed by atoms with Gasteiger partial charge in [0.05, 0.1) is 27.6 Å². The molecule has 280 valence electrons. The number of nitrogens with zero attached hydrogens (tertiary/aromatic N) is 9. The van der Waals surface area contributed by atoms with Gasteiger partial charge in [-0.1, -0.05) is 49.1 Å². The fourth-order valence-corrected chi connectivity index (χ4v) is 6.38. The van der Waals surface area contributed by atoms with Crippen LogP contribution in [0.25, 0.3) is 38.3 Å². The molecule has 0 aliphatic rings. The van der Waals surface area contributed by atoms with Gasteiger partial charge in [0.2, 0.25) is 0 Å². The first kappa shape index (κ1) is 37.6. The maximum Gasteiger partial charge on any atom is 1.00 e. The van der Waals surface area contributed by atoms with Crippen molar-refractivity contribution in [3.05, 3.63) is 145 Å². The number of aliphatic hydroxyl groups is 1. The fraction of sp³-hybridized carbons (Fsp3) is 0.0250. The van der Waals surface area contributed by atoms with Gasteiger partial charge in [-0.15, -0.1) is 21.8 Å². The van der Waals surface area contributed by atoms with E-state index in [0.717, 1.165) is 17.9 Å². The summed E-state index contributed by atoms with van der Waals surface area (Å²) in [5, 5.41) is 58.7. The summed E-state index contributed by atoms with van der Waals surface area (Å²) in [5.74, 6) is -0.0868. The Morgan fingerprint density at radius 3 is 1.96 bits per heavy atom. The van der Waals surface area contributed by atoms with E-state index in [9.17, 15) is 23.2 Å². The van der Waals surface area contributed by atoms with E-state index in [4.69, 9.17) is 0 Å². The Bertz CT molecular complexity index is 2970. The summed E-state index contributed by atoms with van der Waals surface area (Å²) < 4.78 is 32.7. The number of aromatic nitrogens is 3. The third kappa shape index (κ3) is 7.77. The van der Waals surface area contributed by atoms with E-state index in [2.05, 4.69) is 40.9 Å². The number of rotatable bonds is 9. The Morgan fingerprint density at radius 1 is 0.625 bits per heavy atom. The minimum atomic E-state index is -4.35. The van der Waals surface area contributed by atoms with Crippen LogP contribution in [0.2, 0.25) is 0 Å². The summed E-state index contributed by atoms with van der Waals surface area (Å²) in [6.07, 6.45) is 0. The van der Waals surface area contributed by atoms with Crippen LogP contribution >= 0.6 is 0 Å². The average Bonchev–Trinajstić information content (AvgIpc) is 3.65. The molecular formula is C40H28CuN9O5S. The number of hydrogen-bond donors (Lipinski definition) is 3. The van der Waals surface area contributed by atoms with E-state index in [1.54, 1.807) is 78.9 Å². The van der Waals surface area contributed by atoms with Crippen molar-refractivity contribution in [2.24, 2.45) is 30.7 Å². The molecule has 56 heavy (non-hydrogen) atoms. The summed E-state index contributed by atoms with van der Waals surface area (Å²) in [6, 6.07) is 36.4. The van der Waals surface area contributed by atoms with E-state index in [0.29, 0.717) is 66.6 Å². The van der Waals surface area contributed by atoms with Gasteiger partial charge in [-0.05, 0) is 108 Å². The van der Waals surface area contributed by atoms with E-state index in [1.807, 2.05) is 43.3 Å². The molecule has 0 fully saturated rings. The third-order valence-electron chi connectivity index (χ3n) is 8.73. The number of benzene rings is 7. The molecule has 0 aliphatic heterocycles. The van der Waals surface area contributed by atoms with Crippen molar-refractivity contribution in [3.63, 3.8) is 0 Å². The average molecular weight is 810 g/mol. The second kappa shape index (κ2) is 15.6. The van der Waals surface area contributed by atoms with Crippen molar-refractivity contribution in [2.45, 2.75) is 11.8 Å². The first-order valence-electron chi connectivity index (χ1n) is 16.7. The molecule has 0 spiro atoms. The van der Waals surface area contributed by atoms with Crippen LogP contribution in [-0.2, 0) is 27.2 Å². The first-order valence-corrected chi connectivity index (χ1v) is 18.1. The molecule has 0 saturated carbocycles. The zero-order valence-corrected chi connectivity index (χ0v) is 30.9. The number of azo groups is 3. The van der Waals surface area contributed by atoms with Crippen LogP contribution < -0.4 is 0 Å². The van der Waals surface area contributed by atoms with Crippen LogP contribution in [0.4, 0.5) is 34.1 Å². The molecule has 8 rings (SSSR count). The molecule has 0 unspecified atom stereocenters. The standard InChI is InChI=1S/C40H28N9O5S.Cu/c1-24-19-38(27(23-50)22-37(24)45-43-30-11-9-29(10-12-30)42-41-28-5-3-2-4-6-28)46-44-36-18-8-25-20-31(13-15-34(25)40(36)51)49-47-35-17-7-26-21-32(55(52,53)54)14-16-33(26)39(35)48-49;/h2-23,50-51H,1H3,(H,52,53,54);/q-1;+1. The topological polar surface area (TPSA) is 200 Å². The predicted molar refractivity (Wildman–Crippen MR) is 207 cm³/mol. The Kier molecular flexibility index (Phi) is 10.5. The normalized spacial score (nSPS) is 12.1. The molecule has 1 aromatic heterocycles. The molecule has 16 heteroatoms. The van der Waals surface area contributed by atoms with E-state index in [1.165, 1.54) is 16.9 Å². The first-order chi connectivity index (χ1) is 26.6. The van der Waals surface area contributed by atoms with Crippen molar-refractivity contribution in [1.82, 2.24) is 15.0 Å². The van der Waals surface area contributed by atoms with Gasteiger partial charge < -0.3 is 10.2 Å². The zero-order valence-electron chi connectivity index (χ0n) is 29.1. The van der Waals surface area contributed by atoms with Crippen molar-refractivity contribution in [1.29, 1.82) is 0 Å². The van der Waals surface area contributed by atoms with Gasteiger partial charge in [0, 0.05) is 16.5 Å². The quantitative estimate of drug-likeness (QED) is 0.0557.